The van der Waals surface area contributed by atoms with Crippen LogP contribution in [0, 0.1) is 6.92 Å². The molecule has 1 aliphatic carbocycles. The van der Waals surface area contributed by atoms with Crippen molar-refractivity contribution in [1.29, 1.82) is 0 Å². The van der Waals surface area contributed by atoms with Crippen LogP contribution in [0.15, 0.2) is 36.4 Å². The van der Waals surface area contributed by atoms with E-state index in [9.17, 15) is 14.4 Å². The van der Waals surface area contributed by atoms with Gasteiger partial charge in [0, 0.05) is 16.6 Å². The number of amides is 2. The first-order chi connectivity index (χ1) is 14.4. The number of nitrogens with one attached hydrogen (secondary N) is 1. The highest BCUT2D eigenvalue weighted by Gasteiger charge is 2.30. The average molecular weight is 429 g/mol. The van der Waals surface area contributed by atoms with E-state index in [1.165, 1.54) is 4.90 Å². The summed E-state index contributed by atoms with van der Waals surface area (Å²) < 4.78 is 11.0. The third-order valence-corrected chi connectivity index (χ3v) is 5.39. The molecule has 0 spiro atoms. The van der Waals surface area contributed by atoms with E-state index in [-0.39, 0.29) is 43.4 Å². The van der Waals surface area contributed by atoms with Gasteiger partial charge in [-0.1, -0.05) is 11.6 Å². The SMILES string of the molecule is Cc1cc(OCC(=O)c2ccc3c(c2)N(CC(=O)NC2CC2)C(=O)CO3)ccc1Cl. The third kappa shape index (κ3) is 4.57. The zero-order valence-corrected chi connectivity index (χ0v) is 17.2. The molecule has 1 saturated carbocycles. The molecule has 0 aromatic heterocycles. The maximum Gasteiger partial charge on any atom is 0.265 e. The smallest absolute Gasteiger partial charge is 0.265 e. The summed E-state index contributed by atoms with van der Waals surface area (Å²) in [5.74, 6) is 0.188. The molecule has 0 saturated heterocycles. The number of nitrogens with zero attached hydrogens (tertiary/aromatic N) is 1. The van der Waals surface area contributed by atoms with Gasteiger partial charge >= 0.3 is 0 Å². The quantitative estimate of drug-likeness (QED) is 0.685. The second-order valence-corrected chi connectivity index (χ2v) is 7.82. The second kappa shape index (κ2) is 8.36. The third-order valence-electron chi connectivity index (χ3n) is 4.97. The maximum absolute atomic E-state index is 12.6. The summed E-state index contributed by atoms with van der Waals surface area (Å²) >= 11 is 6.00. The largest absolute Gasteiger partial charge is 0.485 e. The number of Topliss-reactive ketones (excluding diaryl/α,β-unsaturated/α-hetero) is 1. The average Bonchev–Trinajstić information content (AvgIpc) is 3.54. The molecule has 156 valence electrons. The molecule has 2 aromatic rings. The van der Waals surface area contributed by atoms with Gasteiger partial charge in [0.15, 0.2) is 19.0 Å². The molecule has 2 aromatic carbocycles. The van der Waals surface area contributed by atoms with Crippen LogP contribution in [0.1, 0.15) is 28.8 Å². The lowest BCUT2D eigenvalue weighted by Crippen LogP contribution is -2.45. The van der Waals surface area contributed by atoms with Gasteiger partial charge in [0.1, 0.15) is 18.0 Å². The molecule has 2 aliphatic rings. The van der Waals surface area contributed by atoms with Gasteiger partial charge < -0.3 is 14.8 Å². The number of halogens is 1. The van der Waals surface area contributed by atoms with Crippen molar-refractivity contribution in [1.82, 2.24) is 5.32 Å². The summed E-state index contributed by atoms with van der Waals surface area (Å²) in [5, 5.41) is 3.49. The number of rotatable bonds is 7. The van der Waals surface area contributed by atoms with E-state index in [0.29, 0.717) is 27.8 Å². The minimum Gasteiger partial charge on any atom is -0.485 e. The first-order valence-corrected chi connectivity index (χ1v) is 10.1. The van der Waals surface area contributed by atoms with Crippen molar-refractivity contribution >= 4 is 34.9 Å². The van der Waals surface area contributed by atoms with Crippen molar-refractivity contribution in [2.75, 3.05) is 24.7 Å². The normalized spacial score (nSPS) is 15.3. The van der Waals surface area contributed by atoms with E-state index in [1.54, 1.807) is 36.4 Å². The van der Waals surface area contributed by atoms with E-state index in [0.717, 1.165) is 18.4 Å². The molecule has 0 bridgehead atoms. The fourth-order valence-corrected chi connectivity index (χ4v) is 3.25. The predicted octanol–water partition coefficient (Wildman–Crippen LogP) is 2.91. The highest BCUT2D eigenvalue weighted by molar-refractivity contribution is 6.31. The van der Waals surface area contributed by atoms with Crippen LogP contribution >= 0.6 is 11.6 Å². The standard InChI is InChI=1S/C22H21ClN2O5/c1-13-8-16(5-6-17(13)23)29-11-19(26)14-2-7-20-18(9-14)25(22(28)12-30-20)10-21(27)24-15-3-4-15/h2,5-9,15H,3-4,10-12H2,1H3,(H,24,27). The van der Waals surface area contributed by atoms with Gasteiger partial charge in [0.05, 0.1) is 5.69 Å². The monoisotopic (exact) mass is 428 g/mol. The predicted molar refractivity (Wildman–Crippen MR) is 111 cm³/mol. The van der Waals surface area contributed by atoms with Crippen molar-refractivity contribution in [3.8, 4) is 11.5 Å². The van der Waals surface area contributed by atoms with Crippen molar-refractivity contribution in [3.05, 3.63) is 52.5 Å². The Bertz CT molecular complexity index is 1020. The van der Waals surface area contributed by atoms with Gasteiger partial charge in [-0.05, 0) is 61.7 Å². The topological polar surface area (TPSA) is 84.9 Å². The number of aryl methyl sites for hydroxylation is 1. The molecule has 1 aliphatic heterocycles. The van der Waals surface area contributed by atoms with Gasteiger partial charge in [0.2, 0.25) is 5.91 Å². The van der Waals surface area contributed by atoms with Gasteiger partial charge in [-0.3, -0.25) is 19.3 Å². The first-order valence-electron chi connectivity index (χ1n) is 9.69. The van der Waals surface area contributed by atoms with Crippen LogP contribution in [0.5, 0.6) is 11.5 Å². The van der Waals surface area contributed by atoms with Gasteiger partial charge in [-0.2, -0.15) is 0 Å². The minimum absolute atomic E-state index is 0.107. The van der Waals surface area contributed by atoms with Crippen LogP contribution in [0.3, 0.4) is 0 Å². The van der Waals surface area contributed by atoms with Gasteiger partial charge in [-0.25, -0.2) is 0 Å². The molecule has 30 heavy (non-hydrogen) atoms. The number of carbonyl (C=O) groups excluding carboxylic acids is 3. The zero-order chi connectivity index (χ0) is 21.3. The summed E-state index contributed by atoms with van der Waals surface area (Å²) in [4.78, 5) is 38.6. The maximum atomic E-state index is 12.6. The van der Waals surface area contributed by atoms with E-state index < -0.39 is 0 Å². The van der Waals surface area contributed by atoms with Crippen LogP contribution in [-0.4, -0.2) is 43.4 Å². The Morgan fingerprint density at radius 3 is 2.77 bits per heavy atom. The second-order valence-electron chi connectivity index (χ2n) is 7.42. The van der Waals surface area contributed by atoms with E-state index in [1.807, 2.05) is 6.92 Å². The Balaban J connectivity index is 1.48. The van der Waals surface area contributed by atoms with Crippen LogP contribution in [-0.2, 0) is 9.59 Å². The fraction of sp³-hybridized carbons (Fsp3) is 0.318. The molecule has 0 atom stereocenters. The lowest BCUT2D eigenvalue weighted by Gasteiger charge is -2.29. The number of fused-ring (bicyclic) bond motifs is 1. The van der Waals surface area contributed by atoms with Crippen LogP contribution in [0.2, 0.25) is 5.02 Å². The molecule has 1 N–H and O–H groups in total. The Morgan fingerprint density at radius 1 is 1.23 bits per heavy atom. The molecular formula is C22H21ClN2O5. The van der Waals surface area contributed by atoms with Gasteiger partial charge in [-0.15, -0.1) is 0 Å². The Kier molecular flexibility index (Phi) is 5.63. The molecule has 7 nitrogen and oxygen atoms in total. The van der Waals surface area contributed by atoms with Crippen LogP contribution < -0.4 is 19.7 Å². The molecule has 4 rings (SSSR count). The first kappa shape index (κ1) is 20.2. The molecule has 0 radical (unpaired) electrons. The number of ketones is 1. The molecule has 2 amide bonds. The Morgan fingerprint density at radius 2 is 2.03 bits per heavy atom. The molecule has 1 fully saturated rings. The van der Waals surface area contributed by atoms with Crippen molar-refractivity contribution in [3.63, 3.8) is 0 Å². The lowest BCUT2D eigenvalue weighted by molar-refractivity contribution is -0.125. The Labute approximate surface area is 178 Å². The highest BCUT2D eigenvalue weighted by atomic mass is 35.5. The lowest BCUT2D eigenvalue weighted by atomic mass is 10.1. The number of benzene rings is 2. The molecular weight excluding hydrogens is 408 g/mol. The Hall–Kier alpha value is -3.06. The number of ether oxygens (including phenoxy) is 2. The van der Waals surface area contributed by atoms with Crippen molar-refractivity contribution in [2.45, 2.75) is 25.8 Å². The summed E-state index contributed by atoms with van der Waals surface area (Å²) in [7, 11) is 0. The summed E-state index contributed by atoms with van der Waals surface area (Å²) in [6, 6.07) is 10.2. The number of carbonyl (C=O) groups is 3. The molecule has 1 heterocycles. The summed E-state index contributed by atoms with van der Waals surface area (Å²) in [6.07, 6.45) is 1.93. The zero-order valence-electron chi connectivity index (χ0n) is 16.4. The van der Waals surface area contributed by atoms with E-state index in [2.05, 4.69) is 5.32 Å². The summed E-state index contributed by atoms with van der Waals surface area (Å²) in [6.45, 7) is 1.43. The highest BCUT2D eigenvalue weighted by Crippen LogP contribution is 2.33. The summed E-state index contributed by atoms with van der Waals surface area (Å²) in [5.41, 5.74) is 1.63. The van der Waals surface area contributed by atoms with Crippen LogP contribution in [0.25, 0.3) is 0 Å². The number of hydrogen-bond acceptors (Lipinski definition) is 5. The molecule has 0 unspecified atom stereocenters. The van der Waals surface area contributed by atoms with Crippen LogP contribution in [0.4, 0.5) is 5.69 Å². The molecule has 8 heteroatoms. The van der Waals surface area contributed by atoms with E-state index >= 15 is 0 Å². The van der Waals surface area contributed by atoms with E-state index in [4.69, 9.17) is 21.1 Å². The fourth-order valence-electron chi connectivity index (χ4n) is 3.13. The van der Waals surface area contributed by atoms with Crippen molar-refractivity contribution in [2.24, 2.45) is 0 Å². The minimum atomic E-state index is -0.328. The number of anilines is 1. The van der Waals surface area contributed by atoms with Gasteiger partial charge in [0.25, 0.3) is 5.91 Å². The number of hydrogen-bond donors (Lipinski definition) is 1. The van der Waals surface area contributed by atoms with Crippen molar-refractivity contribution < 1.29 is 23.9 Å².